The van der Waals surface area contributed by atoms with Gasteiger partial charge in [0.05, 0.1) is 39.1 Å². The minimum absolute atomic E-state index is 0. The molecule has 0 bridgehead atoms. The molecule has 0 heterocycles. The largest absolute Gasteiger partial charge is 0.396 e. The molecule has 146 valence electrons. The van der Waals surface area contributed by atoms with Crippen LogP contribution in [-0.2, 0) is 0 Å². The molecule has 0 amide bonds. The van der Waals surface area contributed by atoms with E-state index in [-0.39, 0.29) is 39.8 Å². The zero-order chi connectivity index (χ0) is 18.1. The fraction of sp³-hybridized carbons (Fsp3) is 1.00. The van der Waals surface area contributed by atoms with E-state index in [0.29, 0.717) is 0 Å². The van der Waals surface area contributed by atoms with E-state index < -0.39 is 37.6 Å². The Bertz CT molecular complexity index is 171. The molecule has 0 aromatic heterocycles. The van der Waals surface area contributed by atoms with Crippen LogP contribution in [0.25, 0.3) is 0 Å². The molecule has 4 unspecified atom stereocenters. The second-order valence-electron chi connectivity index (χ2n) is 4.43. The van der Waals surface area contributed by atoms with E-state index >= 15 is 0 Å². The van der Waals surface area contributed by atoms with Crippen LogP contribution in [0, 0.1) is 5.92 Å². The summed E-state index contributed by atoms with van der Waals surface area (Å²) in [7, 11) is 0. The Morgan fingerprint density at radius 2 is 0.826 bits per heavy atom. The van der Waals surface area contributed by atoms with E-state index in [2.05, 4.69) is 0 Å². The molecule has 0 aromatic rings. The molecule has 0 saturated heterocycles. The van der Waals surface area contributed by atoms with Crippen LogP contribution in [0.5, 0.6) is 0 Å². The number of rotatable bonds is 8. The van der Waals surface area contributed by atoms with Gasteiger partial charge in [-0.2, -0.15) is 0 Å². The van der Waals surface area contributed by atoms with Gasteiger partial charge in [0.25, 0.3) is 0 Å². The van der Waals surface area contributed by atoms with Crippen molar-refractivity contribution in [2.45, 2.75) is 38.8 Å². The summed E-state index contributed by atoms with van der Waals surface area (Å²) in [6, 6.07) is 0. The Balaban J connectivity index is -0.000000117. The number of hydrogen-bond donors (Lipinski definition) is 10. The van der Waals surface area contributed by atoms with Gasteiger partial charge in [-0.3, -0.25) is 0 Å². The van der Waals surface area contributed by atoms with Gasteiger partial charge in [-0.25, -0.2) is 0 Å². The van der Waals surface area contributed by atoms with Crippen molar-refractivity contribution in [2.75, 3.05) is 39.6 Å². The Labute approximate surface area is 136 Å². The van der Waals surface area contributed by atoms with Gasteiger partial charge in [-0.1, -0.05) is 14.4 Å². The Morgan fingerprint density at radius 1 is 0.522 bits per heavy atom. The zero-order valence-corrected chi connectivity index (χ0v) is 12.6. The molecule has 10 heteroatoms. The first-order valence-corrected chi connectivity index (χ1v) is 6.62. The standard InChI is InChI=1S/C5H12O3.C4H10O4.C3H8O3.CH4/c1-4(2-6)5(8)3-7;5-1-3(7)4(8)2-6;4-1-3(6)2-5;/h4-8H,2-3H2,1H3;3-8H,1-2H2;3-6H,1-2H2;1H4. The summed E-state index contributed by atoms with van der Waals surface area (Å²) in [5.74, 6) is -0.222. The number of aliphatic hydroxyl groups is 10. The summed E-state index contributed by atoms with van der Waals surface area (Å²) in [5, 5.41) is 82.5. The Morgan fingerprint density at radius 3 is 0.913 bits per heavy atom. The molecule has 0 aliphatic rings. The minimum atomic E-state index is -1.22. The molecular formula is C13H34O10. The molecule has 23 heavy (non-hydrogen) atoms. The van der Waals surface area contributed by atoms with E-state index in [1.165, 1.54) is 0 Å². The summed E-state index contributed by atoms with van der Waals surface area (Å²) in [6.07, 6.45) is -4.18. The van der Waals surface area contributed by atoms with Gasteiger partial charge in [0.1, 0.15) is 18.3 Å². The van der Waals surface area contributed by atoms with Gasteiger partial charge in [0, 0.05) is 12.5 Å². The van der Waals surface area contributed by atoms with Gasteiger partial charge in [0.15, 0.2) is 0 Å². The third-order valence-electron chi connectivity index (χ3n) is 2.37. The quantitative estimate of drug-likeness (QED) is 0.204. The normalized spacial score (nSPS) is 15.1. The number of aliphatic hydroxyl groups excluding tert-OH is 10. The smallest absolute Gasteiger partial charge is 0.105 e. The van der Waals surface area contributed by atoms with Crippen LogP contribution in [0.2, 0.25) is 0 Å². The lowest BCUT2D eigenvalue weighted by Crippen LogP contribution is -2.31. The van der Waals surface area contributed by atoms with E-state index in [0.717, 1.165) is 0 Å². The van der Waals surface area contributed by atoms with Crippen LogP contribution in [0.15, 0.2) is 0 Å². The van der Waals surface area contributed by atoms with Crippen LogP contribution in [0.1, 0.15) is 14.4 Å². The van der Waals surface area contributed by atoms with Crippen molar-refractivity contribution >= 4 is 0 Å². The highest BCUT2D eigenvalue weighted by Crippen LogP contribution is 1.98. The molecule has 0 aromatic carbocycles. The molecule has 0 aliphatic carbocycles. The van der Waals surface area contributed by atoms with Crippen molar-refractivity contribution in [1.29, 1.82) is 0 Å². The monoisotopic (exact) mass is 350 g/mol. The molecule has 0 rings (SSSR count). The highest BCUT2D eigenvalue weighted by molar-refractivity contribution is 4.62. The van der Waals surface area contributed by atoms with Crippen LogP contribution < -0.4 is 0 Å². The highest BCUT2D eigenvalue weighted by atomic mass is 16.4. The van der Waals surface area contributed by atoms with Gasteiger partial charge >= 0.3 is 0 Å². The number of hydrogen-bond acceptors (Lipinski definition) is 10. The fourth-order valence-corrected chi connectivity index (χ4v) is 0.603. The van der Waals surface area contributed by atoms with Gasteiger partial charge in [-0.15, -0.1) is 0 Å². The molecule has 0 aliphatic heterocycles. The molecule has 0 fully saturated rings. The molecule has 0 radical (unpaired) electrons. The van der Waals surface area contributed by atoms with Crippen molar-refractivity contribution in [1.82, 2.24) is 0 Å². The van der Waals surface area contributed by atoms with E-state index in [4.69, 9.17) is 51.1 Å². The molecule has 0 saturated carbocycles. The van der Waals surface area contributed by atoms with Crippen LogP contribution in [0.4, 0.5) is 0 Å². The first-order chi connectivity index (χ1) is 10.2. The van der Waals surface area contributed by atoms with Gasteiger partial charge < -0.3 is 51.1 Å². The van der Waals surface area contributed by atoms with Crippen molar-refractivity contribution < 1.29 is 51.1 Å². The van der Waals surface area contributed by atoms with Crippen molar-refractivity contribution in [3.8, 4) is 0 Å². The second kappa shape index (κ2) is 21.6. The lowest BCUT2D eigenvalue weighted by molar-refractivity contribution is -0.0388. The minimum Gasteiger partial charge on any atom is -0.396 e. The third kappa shape index (κ3) is 21.6. The van der Waals surface area contributed by atoms with Crippen LogP contribution in [-0.4, -0.2) is 115 Å². The second-order valence-corrected chi connectivity index (χ2v) is 4.43. The van der Waals surface area contributed by atoms with E-state index in [1.807, 2.05) is 0 Å². The van der Waals surface area contributed by atoms with Crippen molar-refractivity contribution in [3.63, 3.8) is 0 Å². The molecular weight excluding hydrogens is 316 g/mol. The van der Waals surface area contributed by atoms with E-state index in [1.54, 1.807) is 6.92 Å². The maximum Gasteiger partial charge on any atom is 0.105 e. The topological polar surface area (TPSA) is 202 Å². The highest BCUT2D eigenvalue weighted by Gasteiger charge is 2.12. The first kappa shape index (κ1) is 30.5. The first-order valence-electron chi connectivity index (χ1n) is 6.62. The predicted molar refractivity (Wildman–Crippen MR) is 82.4 cm³/mol. The van der Waals surface area contributed by atoms with Crippen molar-refractivity contribution in [2.24, 2.45) is 5.92 Å². The summed E-state index contributed by atoms with van der Waals surface area (Å²) < 4.78 is 0. The van der Waals surface area contributed by atoms with Crippen LogP contribution in [0.3, 0.4) is 0 Å². The summed E-state index contributed by atoms with van der Waals surface area (Å²) in [4.78, 5) is 0. The fourth-order valence-electron chi connectivity index (χ4n) is 0.603. The van der Waals surface area contributed by atoms with E-state index in [9.17, 15) is 0 Å². The Hall–Kier alpha value is -0.400. The lowest BCUT2D eigenvalue weighted by atomic mass is 10.1. The summed E-state index contributed by atoms with van der Waals surface area (Å²) >= 11 is 0. The van der Waals surface area contributed by atoms with Gasteiger partial charge in [0.2, 0.25) is 0 Å². The summed E-state index contributed by atoms with van der Waals surface area (Å²) in [6.45, 7) is -0.471. The average molecular weight is 350 g/mol. The predicted octanol–water partition coefficient (Wildman–Crippen LogP) is -4.37. The lowest BCUT2D eigenvalue weighted by Gasteiger charge is -2.11. The van der Waals surface area contributed by atoms with Crippen LogP contribution >= 0.6 is 0 Å². The molecule has 0 spiro atoms. The third-order valence-corrected chi connectivity index (χ3v) is 2.37. The molecule has 10 nitrogen and oxygen atoms in total. The van der Waals surface area contributed by atoms with Gasteiger partial charge in [-0.05, 0) is 0 Å². The molecule has 10 N–H and O–H groups in total. The zero-order valence-electron chi connectivity index (χ0n) is 12.6. The average Bonchev–Trinajstić information content (AvgIpc) is 2.58. The maximum atomic E-state index is 8.72. The van der Waals surface area contributed by atoms with Crippen molar-refractivity contribution in [3.05, 3.63) is 0 Å². The Kier molecular flexibility index (Phi) is 28.6. The summed E-state index contributed by atoms with van der Waals surface area (Å²) in [5.41, 5.74) is 0. The SMILES string of the molecule is C.CC(CO)C(O)CO.OCC(O)C(O)CO.OCC(O)CO. The maximum absolute atomic E-state index is 8.72. The molecule has 4 atom stereocenters.